The lowest BCUT2D eigenvalue weighted by Crippen LogP contribution is -2.46. The number of methoxy groups -OCH3 is 2. The lowest BCUT2D eigenvalue weighted by atomic mass is 9.99. The molecule has 1 saturated heterocycles. The molecule has 23 heavy (non-hydrogen) atoms. The summed E-state index contributed by atoms with van der Waals surface area (Å²) in [4.78, 5) is 2.16. The van der Waals surface area contributed by atoms with E-state index in [0.29, 0.717) is 5.92 Å². The molecule has 0 radical (unpaired) electrons. The molecule has 1 fully saturated rings. The van der Waals surface area contributed by atoms with Gasteiger partial charge < -0.3 is 24.8 Å². The summed E-state index contributed by atoms with van der Waals surface area (Å²) in [5.41, 5.74) is 1.12. The van der Waals surface area contributed by atoms with Crippen LogP contribution in [0, 0.1) is 5.92 Å². The van der Waals surface area contributed by atoms with Crippen LogP contribution in [0.5, 0.6) is 11.5 Å². The summed E-state index contributed by atoms with van der Waals surface area (Å²) >= 11 is 5.47. The molecule has 1 heterocycles. The first-order valence-corrected chi connectivity index (χ1v) is 8.43. The van der Waals surface area contributed by atoms with E-state index in [1.165, 1.54) is 0 Å². The molecule has 1 aliphatic heterocycles. The van der Waals surface area contributed by atoms with E-state index in [1.807, 2.05) is 18.2 Å². The second-order valence-corrected chi connectivity index (χ2v) is 6.18. The minimum absolute atomic E-state index is 0.238. The van der Waals surface area contributed by atoms with Crippen LogP contribution >= 0.6 is 12.2 Å². The van der Waals surface area contributed by atoms with Crippen LogP contribution in [-0.4, -0.2) is 55.6 Å². The Labute approximate surface area is 143 Å². The molecule has 0 bridgehead atoms. The van der Waals surface area contributed by atoms with Crippen LogP contribution in [0.3, 0.4) is 0 Å². The number of piperidine rings is 1. The number of aliphatic hydroxyl groups excluding tert-OH is 1. The normalized spacial score (nSPS) is 17.7. The van der Waals surface area contributed by atoms with Gasteiger partial charge in [0, 0.05) is 32.3 Å². The highest BCUT2D eigenvalue weighted by molar-refractivity contribution is 7.80. The van der Waals surface area contributed by atoms with Gasteiger partial charge in [-0.25, -0.2) is 0 Å². The monoisotopic (exact) mass is 338 g/mol. The van der Waals surface area contributed by atoms with E-state index < -0.39 is 0 Å². The van der Waals surface area contributed by atoms with Gasteiger partial charge in [-0.05, 0) is 49.0 Å². The average Bonchev–Trinajstić information content (AvgIpc) is 2.61. The molecule has 1 atom stereocenters. The maximum atomic E-state index is 9.30. The Bertz CT molecular complexity index is 525. The van der Waals surface area contributed by atoms with Crippen LogP contribution in [0.25, 0.3) is 0 Å². The second kappa shape index (κ2) is 8.93. The first-order valence-electron chi connectivity index (χ1n) is 8.02. The van der Waals surface area contributed by atoms with Gasteiger partial charge in [-0.15, -0.1) is 0 Å². The highest BCUT2D eigenvalue weighted by Gasteiger charge is 2.20. The minimum atomic E-state index is 0.238. The lowest BCUT2D eigenvalue weighted by Gasteiger charge is -2.33. The maximum Gasteiger partial charge on any atom is 0.168 e. The van der Waals surface area contributed by atoms with Crippen LogP contribution in [0.15, 0.2) is 18.2 Å². The fraction of sp³-hybridized carbons (Fsp3) is 0.588. The highest BCUT2D eigenvalue weighted by atomic mass is 32.1. The van der Waals surface area contributed by atoms with Crippen molar-refractivity contribution >= 4 is 17.3 Å². The van der Waals surface area contributed by atoms with E-state index in [9.17, 15) is 5.11 Å². The molecule has 1 unspecified atom stereocenters. The van der Waals surface area contributed by atoms with E-state index in [2.05, 4.69) is 10.2 Å². The molecule has 1 aromatic carbocycles. The van der Waals surface area contributed by atoms with Crippen molar-refractivity contribution in [3.8, 4) is 11.5 Å². The van der Waals surface area contributed by atoms with E-state index in [4.69, 9.17) is 21.7 Å². The van der Waals surface area contributed by atoms with Crippen LogP contribution in [-0.2, 0) is 6.42 Å². The topological polar surface area (TPSA) is 54.0 Å². The summed E-state index contributed by atoms with van der Waals surface area (Å²) in [6.07, 6.45) is 2.99. The van der Waals surface area contributed by atoms with Crippen molar-refractivity contribution in [3.05, 3.63) is 23.8 Å². The number of likely N-dealkylation sites (tertiary alicyclic amines) is 1. The van der Waals surface area contributed by atoms with Gasteiger partial charge in [0.05, 0.1) is 14.2 Å². The van der Waals surface area contributed by atoms with Gasteiger partial charge in [-0.3, -0.25) is 0 Å². The largest absolute Gasteiger partial charge is 0.497 e. The fourth-order valence-electron chi connectivity index (χ4n) is 2.87. The van der Waals surface area contributed by atoms with Crippen molar-refractivity contribution in [3.63, 3.8) is 0 Å². The Hall–Kier alpha value is -1.53. The van der Waals surface area contributed by atoms with E-state index in [1.54, 1.807) is 14.2 Å². The van der Waals surface area contributed by atoms with E-state index in [-0.39, 0.29) is 6.61 Å². The molecule has 0 amide bonds. The van der Waals surface area contributed by atoms with Gasteiger partial charge in [0.15, 0.2) is 5.11 Å². The standard InChI is InChI=1S/C17H26N2O3S/c1-21-15-6-5-14(16(10-15)22-2)7-8-18-17(23)19-9-3-4-13(11-19)12-20/h5-6,10,13,20H,3-4,7-9,11-12H2,1-2H3,(H,18,23). The molecule has 2 rings (SSSR count). The first-order chi connectivity index (χ1) is 11.2. The van der Waals surface area contributed by atoms with Gasteiger partial charge in [-0.2, -0.15) is 0 Å². The number of hydrogen-bond acceptors (Lipinski definition) is 4. The quantitative estimate of drug-likeness (QED) is 0.772. The van der Waals surface area contributed by atoms with Crippen LogP contribution in [0.2, 0.25) is 0 Å². The summed E-state index contributed by atoms with van der Waals surface area (Å²) in [5, 5.41) is 13.4. The predicted octanol–water partition coefficient (Wildman–Crippen LogP) is 1.83. The molecule has 5 nitrogen and oxygen atoms in total. The second-order valence-electron chi connectivity index (χ2n) is 5.80. The van der Waals surface area contributed by atoms with Crippen molar-refractivity contribution < 1.29 is 14.6 Å². The Morgan fingerprint density at radius 1 is 1.39 bits per heavy atom. The molecule has 6 heteroatoms. The number of rotatable bonds is 6. The average molecular weight is 338 g/mol. The summed E-state index contributed by atoms with van der Waals surface area (Å²) < 4.78 is 10.6. The van der Waals surface area contributed by atoms with E-state index >= 15 is 0 Å². The lowest BCUT2D eigenvalue weighted by molar-refractivity contribution is 0.160. The molecular formula is C17H26N2O3S. The predicted molar refractivity (Wildman–Crippen MR) is 95.2 cm³/mol. The number of thiocarbonyl (C=S) groups is 1. The van der Waals surface area contributed by atoms with Gasteiger partial charge in [0.2, 0.25) is 0 Å². The Morgan fingerprint density at radius 2 is 2.22 bits per heavy atom. The van der Waals surface area contributed by atoms with Crippen LogP contribution in [0.1, 0.15) is 18.4 Å². The third-order valence-electron chi connectivity index (χ3n) is 4.23. The van der Waals surface area contributed by atoms with Crippen LogP contribution in [0.4, 0.5) is 0 Å². The van der Waals surface area contributed by atoms with Crippen molar-refractivity contribution in [1.29, 1.82) is 0 Å². The molecule has 1 aliphatic rings. The first kappa shape index (κ1) is 17.8. The van der Waals surface area contributed by atoms with E-state index in [0.717, 1.165) is 61.1 Å². The Kier molecular flexibility index (Phi) is 6.92. The van der Waals surface area contributed by atoms with Crippen molar-refractivity contribution in [2.75, 3.05) is 40.5 Å². The van der Waals surface area contributed by atoms with Crippen molar-refractivity contribution in [2.24, 2.45) is 5.92 Å². The van der Waals surface area contributed by atoms with Crippen LogP contribution < -0.4 is 14.8 Å². The zero-order valence-corrected chi connectivity index (χ0v) is 14.7. The molecule has 1 aromatic rings. The Morgan fingerprint density at radius 3 is 2.91 bits per heavy atom. The molecule has 0 spiro atoms. The molecular weight excluding hydrogens is 312 g/mol. The van der Waals surface area contributed by atoms with Crippen molar-refractivity contribution in [1.82, 2.24) is 10.2 Å². The molecule has 2 N–H and O–H groups in total. The highest BCUT2D eigenvalue weighted by Crippen LogP contribution is 2.24. The summed E-state index contributed by atoms with van der Waals surface area (Å²) in [7, 11) is 3.31. The van der Waals surface area contributed by atoms with Gasteiger partial charge in [-0.1, -0.05) is 6.07 Å². The SMILES string of the molecule is COc1ccc(CCNC(=S)N2CCCC(CO)C2)c(OC)c1. The fourth-order valence-corrected chi connectivity index (χ4v) is 3.14. The van der Waals surface area contributed by atoms with Crippen molar-refractivity contribution in [2.45, 2.75) is 19.3 Å². The number of aliphatic hydroxyl groups is 1. The minimum Gasteiger partial charge on any atom is -0.497 e. The maximum absolute atomic E-state index is 9.30. The zero-order chi connectivity index (χ0) is 16.7. The third kappa shape index (κ3) is 4.97. The number of hydrogen-bond donors (Lipinski definition) is 2. The molecule has 0 aliphatic carbocycles. The number of benzene rings is 1. The molecule has 0 aromatic heterocycles. The molecule has 0 saturated carbocycles. The van der Waals surface area contributed by atoms with Gasteiger partial charge in [0.1, 0.15) is 11.5 Å². The Balaban J connectivity index is 1.83. The van der Waals surface area contributed by atoms with Gasteiger partial charge >= 0.3 is 0 Å². The molecule has 128 valence electrons. The summed E-state index contributed by atoms with van der Waals surface area (Å²) in [6, 6.07) is 5.85. The number of ether oxygens (including phenoxy) is 2. The number of nitrogens with zero attached hydrogens (tertiary/aromatic N) is 1. The summed E-state index contributed by atoms with van der Waals surface area (Å²) in [5.74, 6) is 1.96. The van der Waals surface area contributed by atoms with Gasteiger partial charge in [0.25, 0.3) is 0 Å². The third-order valence-corrected chi connectivity index (χ3v) is 4.63. The smallest absolute Gasteiger partial charge is 0.168 e. The zero-order valence-electron chi connectivity index (χ0n) is 13.9. The number of nitrogens with one attached hydrogen (secondary N) is 1. The summed E-state index contributed by atoms with van der Waals surface area (Å²) in [6.45, 7) is 2.80.